The third kappa shape index (κ3) is 2.93. The van der Waals surface area contributed by atoms with E-state index in [-0.39, 0.29) is 12.1 Å². The maximum absolute atomic E-state index is 12.8. The number of benzene rings is 1. The third-order valence-corrected chi connectivity index (χ3v) is 5.30. The number of oxazole rings is 1. The van der Waals surface area contributed by atoms with Crippen molar-refractivity contribution >= 4 is 33.9 Å². The van der Waals surface area contributed by atoms with Gasteiger partial charge in [0.2, 0.25) is 5.89 Å². The molecule has 0 radical (unpaired) electrons. The molecule has 8 heteroatoms. The molecule has 3 heterocycles. The van der Waals surface area contributed by atoms with Gasteiger partial charge < -0.3 is 8.98 Å². The Kier molecular flexibility index (Phi) is 4.36. The van der Waals surface area contributed by atoms with Crippen LogP contribution in [0.15, 0.2) is 64.7 Å². The zero-order valence-corrected chi connectivity index (χ0v) is 15.3. The molecule has 0 N–H and O–H groups in total. The number of thiazole rings is 1. The van der Waals surface area contributed by atoms with Crippen molar-refractivity contribution < 1.29 is 4.42 Å². The maximum atomic E-state index is 12.8. The van der Waals surface area contributed by atoms with Crippen molar-refractivity contribution in [2.24, 2.45) is 0 Å². The quantitative estimate of drug-likeness (QED) is 0.387. The third-order valence-electron chi connectivity index (χ3n) is 3.87. The van der Waals surface area contributed by atoms with Crippen LogP contribution in [0.5, 0.6) is 0 Å². The summed E-state index contributed by atoms with van der Waals surface area (Å²) in [6.07, 6.45) is 4.89. The predicted octanol–water partition coefficient (Wildman–Crippen LogP) is 3.88. The Morgan fingerprint density at radius 3 is 2.85 bits per heavy atom. The molecule has 0 aliphatic heterocycles. The van der Waals surface area contributed by atoms with Gasteiger partial charge in [0, 0.05) is 12.1 Å². The van der Waals surface area contributed by atoms with Gasteiger partial charge in [-0.2, -0.15) is 0 Å². The molecule has 0 atom stereocenters. The highest BCUT2D eigenvalue weighted by molar-refractivity contribution is 7.73. The second kappa shape index (κ2) is 6.81. The molecular weight excluding hydrogens is 368 g/mol. The largest absolute Gasteiger partial charge is 0.439 e. The molecule has 0 aliphatic rings. The smallest absolute Gasteiger partial charge is 0.273 e. The van der Waals surface area contributed by atoms with Gasteiger partial charge in [-0.15, -0.1) is 6.58 Å². The summed E-state index contributed by atoms with van der Waals surface area (Å²) in [6.45, 7) is 4.44. The van der Waals surface area contributed by atoms with Gasteiger partial charge in [-0.3, -0.25) is 9.36 Å². The van der Waals surface area contributed by atoms with E-state index in [0.29, 0.717) is 32.5 Å². The zero-order chi connectivity index (χ0) is 18.1. The van der Waals surface area contributed by atoms with Crippen molar-refractivity contribution in [1.82, 2.24) is 19.1 Å². The van der Waals surface area contributed by atoms with Crippen molar-refractivity contribution in [3.05, 3.63) is 75.7 Å². The van der Waals surface area contributed by atoms with Gasteiger partial charge in [0.05, 0.1) is 6.20 Å². The van der Waals surface area contributed by atoms with Crippen molar-refractivity contribution in [2.75, 3.05) is 0 Å². The van der Waals surface area contributed by atoms with Crippen LogP contribution in [0, 0.1) is 3.95 Å². The summed E-state index contributed by atoms with van der Waals surface area (Å²) in [5, 5.41) is 0. The number of allylic oxidation sites excluding steroid dienone is 1. The number of hydrogen-bond acceptors (Lipinski definition) is 6. The highest BCUT2D eigenvalue weighted by Crippen LogP contribution is 2.21. The fourth-order valence-corrected chi connectivity index (χ4v) is 3.96. The van der Waals surface area contributed by atoms with Crippen LogP contribution < -0.4 is 5.56 Å². The van der Waals surface area contributed by atoms with Crippen LogP contribution >= 0.6 is 23.6 Å². The first-order valence-electron chi connectivity index (χ1n) is 7.87. The molecule has 0 amide bonds. The minimum absolute atomic E-state index is 0.159. The average molecular weight is 382 g/mol. The molecular formula is C18H14N4O2S2. The summed E-state index contributed by atoms with van der Waals surface area (Å²) in [5.74, 6) is 1.11. The number of nitrogens with zero attached hydrogens (tertiary/aromatic N) is 4. The number of hydrogen-bond donors (Lipinski definition) is 0. The Balaban J connectivity index is 1.69. The zero-order valence-electron chi connectivity index (χ0n) is 13.7. The van der Waals surface area contributed by atoms with Crippen molar-refractivity contribution in [3.63, 3.8) is 0 Å². The molecule has 4 rings (SSSR count). The Labute approximate surface area is 157 Å². The van der Waals surface area contributed by atoms with Gasteiger partial charge in [-0.1, -0.05) is 47.7 Å². The van der Waals surface area contributed by atoms with Crippen LogP contribution in [0.3, 0.4) is 0 Å². The van der Waals surface area contributed by atoms with Crippen molar-refractivity contribution in [1.29, 1.82) is 0 Å². The molecule has 0 bridgehead atoms. The summed E-state index contributed by atoms with van der Waals surface area (Å²) in [4.78, 5) is 21.4. The van der Waals surface area contributed by atoms with E-state index in [0.717, 1.165) is 5.56 Å². The summed E-state index contributed by atoms with van der Waals surface area (Å²) < 4.78 is 10.2. The highest BCUT2D eigenvalue weighted by Gasteiger charge is 2.13. The Bertz CT molecular complexity index is 1200. The van der Waals surface area contributed by atoms with Gasteiger partial charge >= 0.3 is 0 Å². The molecule has 0 unspecified atom stereocenters. The lowest BCUT2D eigenvalue weighted by Crippen LogP contribution is -2.21. The number of fused-ring (bicyclic) bond motifs is 1. The molecule has 0 saturated heterocycles. The minimum atomic E-state index is -0.159. The summed E-state index contributed by atoms with van der Waals surface area (Å²) >= 11 is 6.58. The lowest BCUT2D eigenvalue weighted by Gasteiger charge is -2.03. The summed E-state index contributed by atoms with van der Waals surface area (Å²) in [7, 11) is 0. The molecule has 0 saturated carbocycles. The SMILES string of the molecule is C=CCn1c(=S)sc2c(=O)n(Cc3ncc(-c4ccccc4)o3)cnc21. The molecule has 4 aromatic rings. The minimum Gasteiger partial charge on any atom is -0.439 e. The summed E-state index contributed by atoms with van der Waals surface area (Å²) in [5.41, 5.74) is 1.36. The van der Waals surface area contributed by atoms with E-state index in [1.54, 1.807) is 16.8 Å². The van der Waals surface area contributed by atoms with E-state index in [2.05, 4.69) is 16.5 Å². The maximum Gasteiger partial charge on any atom is 0.273 e. The first-order valence-corrected chi connectivity index (χ1v) is 9.09. The Morgan fingerprint density at radius 1 is 1.27 bits per heavy atom. The van der Waals surface area contributed by atoms with Crippen LogP contribution in [0.4, 0.5) is 0 Å². The predicted molar refractivity (Wildman–Crippen MR) is 104 cm³/mol. The standard InChI is InChI=1S/C18H14N4O2S2/c1-2-8-22-16-15(26-18(22)25)17(23)21(11-20-16)10-14-19-9-13(24-14)12-6-4-3-5-7-12/h2-7,9,11H,1,8,10H2. The topological polar surface area (TPSA) is 65.8 Å². The van der Waals surface area contributed by atoms with Crippen LogP contribution in [-0.4, -0.2) is 19.1 Å². The van der Waals surface area contributed by atoms with Gasteiger partial charge in [0.25, 0.3) is 5.56 Å². The molecule has 0 fully saturated rings. The number of aromatic nitrogens is 4. The molecule has 26 heavy (non-hydrogen) atoms. The second-order valence-electron chi connectivity index (χ2n) is 5.58. The molecule has 130 valence electrons. The fourth-order valence-electron chi connectivity index (χ4n) is 2.64. The van der Waals surface area contributed by atoms with E-state index in [1.807, 2.05) is 30.3 Å². The first-order chi connectivity index (χ1) is 12.7. The van der Waals surface area contributed by atoms with E-state index < -0.39 is 0 Å². The van der Waals surface area contributed by atoms with Gasteiger partial charge in [-0.25, -0.2) is 9.97 Å². The molecule has 3 aromatic heterocycles. The molecule has 0 aliphatic carbocycles. The van der Waals surface area contributed by atoms with Crippen molar-refractivity contribution in [2.45, 2.75) is 13.1 Å². The highest BCUT2D eigenvalue weighted by atomic mass is 32.1. The van der Waals surface area contributed by atoms with Crippen molar-refractivity contribution in [3.8, 4) is 11.3 Å². The normalized spacial score (nSPS) is 11.1. The second-order valence-corrected chi connectivity index (χ2v) is 7.23. The number of rotatable bonds is 5. The lowest BCUT2D eigenvalue weighted by molar-refractivity contribution is 0.484. The van der Waals surface area contributed by atoms with E-state index in [1.165, 1.54) is 22.2 Å². The van der Waals surface area contributed by atoms with Crippen LogP contribution in [0.25, 0.3) is 21.7 Å². The van der Waals surface area contributed by atoms with Gasteiger partial charge in [-0.05, 0) is 12.2 Å². The monoisotopic (exact) mass is 382 g/mol. The average Bonchev–Trinajstić information content (AvgIpc) is 3.24. The van der Waals surface area contributed by atoms with E-state index in [9.17, 15) is 4.79 Å². The molecule has 1 aromatic carbocycles. The lowest BCUT2D eigenvalue weighted by atomic mass is 10.2. The molecule has 0 spiro atoms. The summed E-state index contributed by atoms with van der Waals surface area (Å²) in [6, 6.07) is 9.69. The van der Waals surface area contributed by atoms with E-state index in [4.69, 9.17) is 16.6 Å². The Hall–Kier alpha value is -2.84. The van der Waals surface area contributed by atoms with Gasteiger partial charge in [0.1, 0.15) is 17.6 Å². The van der Waals surface area contributed by atoms with Crippen LogP contribution in [0.1, 0.15) is 5.89 Å². The van der Waals surface area contributed by atoms with Gasteiger partial charge in [0.15, 0.2) is 15.4 Å². The van der Waals surface area contributed by atoms with Crippen LogP contribution in [-0.2, 0) is 13.1 Å². The molecule has 6 nitrogen and oxygen atoms in total. The Morgan fingerprint density at radius 2 is 2.08 bits per heavy atom. The fraction of sp³-hybridized carbons (Fsp3) is 0.111. The first kappa shape index (κ1) is 16.6. The van der Waals surface area contributed by atoms with E-state index >= 15 is 0 Å². The van der Waals surface area contributed by atoms with Crippen LogP contribution in [0.2, 0.25) is 0 Å².